The molecule has 188 valence electrons. The quantitative estimate of drug-likeness (QED) is 0.438. The Kier molecular flexibility index (Phi) is 7.39. The zero-order valence-corrected chi connectivity index (χ0v) is 20.9. The molecule has 2 aliphatic rings. The Bertz CT molecular complexity index is 1210. The van der Waals surface area contributed by atoms with Crippen molar-refractivity contribution >= 4 is 23.2 Å². The van der Waals surface area contributed by atoms with Gasteiger partial charge in [-0.15, -0.1) is 11.3 Å². The highest BCUT2D eigenvalue weighted by Gasteiger charge is 2.34. The number of benzene rings is 2. The van der Waals surface area contributed by atoms with E-state index in [4.69, 9.17) is 18.9 Å². The van der Waals surface area contributed by atoms with Gasteiger partial charge in [0.1, 0.15) is 18.9 Å². The Morgan fingerprint density at radius 1 is 1.11 bits per heavy atom. The van der Waals surface area contributed by atoms with Crippen LogP contribution in [0, 0.1) is 0 Å². The summed E-state index contributed by atoms with van der Waals surface area (Å²) < 4.78 is 22.1. The maximum absolute atomic E-state index is 13.6. The van der Waals surface area contributed by atoms with Gasteiger partial charge in [-0.1, -0.05) is 18.2 Å². The zero-order chi connectivity index (χ0) is 24.9. The molecule has 0 N–H and O–H groups in total. The highest BCUT2D eigenvalue weighted by Crippen LogP contribution is 2.35. The Morgan fingerprint density at radius 3 is 2.78 bits per heavy atom. The van der Waals surface area contributed by atoms with Gasteiger partial charge in [-0.3, -0.25) is 9.59 Å². The number of methoxy groups -OCH3 is 1. The van der Waals surface area contributed by atoms with Crippen LogP contribution < -0.4 is 14.2 Å². The molecule has 0 fully saturated rings. The predicted molar refractivity (Wildman–Crippen MR) is 135 cm³/mol. The second kappa shape index (κ2) is 11.0. The molecular weight excluding hydrogens is 480 g/mol. The summed E-state index contributed by atoms with van der Waals surface area (Å²) in [6.45, 7) is 1.60. The number of fused-ring (bicyclic) bond motifs is 2. The van der Waals surface area contributed by atoms with Gasteiger partial charge in [0.25, 0.3) is 5.91 Å². The summed E-state index contributed by atoms with van der Waals surface area (Å²) in [6, 6.07) is 16.5. The summed E-state index contributed by atoms with van der Waals surface area (Å²) in [6.07, 6.45) is 0.786. The van der Waals surface area contributed by atoms with Crippen LogP contribution in [-0.4, -0.2) is 68.4 Å². The lowest BCUT2D eigenvalue weighted by atomic mass is 10.0. The number of hydrogen-bond donors (Lipinski definition) is 0. The minimum absolute atomic E-state index is 0.0576. The summed E-state index contributed by atoms with van der Waals surface area (Å²) in [5.41, 5.74) is 1.55. The van der Waals surface area contributed by atoms with Crippen molar-refractivity contribution in [1.82, 2.24) is 9.80 Å². The van der Waals surface area contributed by atoms with Crippen LogP contribution in [0.25, 0.3) is 0 Å². The van der Waals surface area contributed by atoms with Crippen LogP contribution in [0.3, 0.4) is 0 Å². The summed E-state index contributed by atoms with van der Waals surface area (Å²) in [4.78, 5) is 31.7. The summed E-state index contributed by atoms with van der Waals surface area (Å²) >= 11 is 1.70. The number of rotatable bonds is 9. The van der Waals surface area contributed by atoms with Crippen molar-refractivity contribution in [3.05, 3.63) is 76.0 Å². The van der Waals surface area contributed by atoms with Crippen LogP contribution in [0.5, 0.6) is 17.2 Å². The predicted octanol–water partition coefficient (Wildman–Crippen LogP) is 3.77. The van der Waals surface area contributed by atoms with Gasteiger partial charge in [0, 0.05) is 30.6 Å². The lowest BCUT2D eigenvalue weighted by Crippen LogP contribution is -2.48. The van der Waals surface area contributed by atoms with Gasteiger partial charge in [0.05, 0.1) is 12.6 Å². The van der Waals surface area contributed by atoms with Gasteiger partial charge in [0.2, 0.25) is 12.7 Å². The zero-order valence-electron chi connectivity index (χ0n) is 20.1. The lowest BCUT2D eigenvalue weighted by Gasteiger charge is -2.37. The van der Waals surface area contributed by atoms with Crippen LogP contribution in [0.1, 0.15) is 26.8 Å². The smallest absolute Gasteiger partial charge is 0.254 e. The molecule has 0 saturated carbocycles. The molecule has 0 bridgehead atoms. The maximum atomic E-state index is 13.6. The van der Waals surface area contributed by atoms with E-state index in [1.54, 1.807) is 36.6 Å². The molecule has 3 heterocycles. The second-order valence-corrected chi connectivity index (χ2v) is 9.56. The van der Waals surface area contributed by atoms with E-state index in [9.17, 15) is 9.59 Å². The van der Waals surface area contributed by atoms with E-state index in [0.717, 1.165) is 17.7 Å². The molecule has 2 amide bonds. The number of carbonyl (C=O) groups excluding carboxylic acids is 2. The minimum atomic E-state index is -0.260. The molecule has 0 spiro atoms. The standard InChI is InChI=1S/C27H28N2O6S/c1-32-13-12-28(27(31)19-7-8-23-24(15-19)35-18-34-23)16-26(30)29-11-9-25-21(10-14-36-25)22(29)17-33-20-5-3-2-4-6-20/h2-8,10,14-15,22H,9,11-13,16-18H2,1H3. The van der Waals surface area contributed by atoms with Gasteiger partial charge >= 0.3 is 0 Å². The molecule has 2 aliphatic heterocycles. The van der Waals surface area contributed by atoms with Crippen molar-refractivity contribution in [1.29, 1.82) is 0 Å². The first-order chi connectivity index (χ1) is 17.6. The SMILES string of the molecule is COCCN(CC(=O)N1CCc2sccc2C1COc1ccccc1)C(=O)c1ccc2c(c1)OCO2. The van der Waals surface area contributed by atoms with E-state index in [0.29, 0.717) is 36.8 Å². The van der Waals surface area contributed by atoms with Crippen molar-refractivity contribution < 1.29 is 28.5 Å². The second-order valence-electron chi connectivity index (χ2n) is 8.56. The monoisotopic (exact) mass is 508 g/mol. The van der Waals surface area contributed by atoms with Crippen LogP contribution in [0.4, 0.5) is 0 Å². The fourth-order valence-corrected chi connectivity index (χ4v) is 5.41. The van der Waals surface area contributed by atoms with Gasteiger partial charge in [0.15, 0.2) is 11.5 Å². The molecule has 5 rings (SSSR count). The van der Waals surface area contributed by atoms with E-state index >= 15 is 0 Å². The topological polar surface area (TPSA) is 77.5 Å². The largest absolute Gasteiger partial charge is 0.491 e. The third-order valence-corrected chi connectivity index (χ3v) is 7.36. The van der Waals surface area contributed by atoms with Crippen molar-refractivity contribution in [3.8, 4) is 17.2 Å². The fourth-order valence-electron chi connectivity index (χ4n) is 4.49. The highest BCUT2D eigenvalue weighted by molar-refractivity contribution is 7.10. The van der Waals surface area contributed by atoms with Gasteiger partial charge in [-0.05, 0) is 53.8 Å². The van der Waals surface area contributed by atoms with Crippen molar-refractivity contribution in [2.24, 2.45) is 0 Å². The summed E-state index contributed by atoms with van der Waals surface area (Å²) in [5.74, 6) is 1.50. The average Bonchev–Trinajstić information content (AvgIpc) is 3.59. The number of nitrogens with zero attached hydrogens (tertiary/aromatic N) is 2. The Morgan fingerprint density at radius 2 is 1.94 bits per heavy atom. The van der Waals surface area contributed by atoms with E-state index in [1.807, 2.05) is 35.2 Å². The number of carbonyl (C=O) groups is 2. The van der Waals surface area contributed by atoms with E-state index in [-0.39, 0.29) is 37.7 Å². The van der Waals surface area contributed by atoms with E-state index in [2.05, 4.69) is 11.4 Å². The lowest BCUT2D eigenvalue weighted by molar-refractivity contribution is -0.135. The van der Waals surface area contributed by atoms with Gasteiger partial charge < -0.3 is 28.7 Å². The molecule has 0 radical (unpaired) electrons. The van der Waals surface area contributed by atoms with Crippen LogP contribution in [0.15, 0.2) is 60.0 Å². The molecule has 3 aromatic rings. The van der Waals surface area contributed by atoms with Crippen molar-refractivity contribution in [3.63, 3.8) is 0 Å². The molecule has 8 nitrogen and oxygen atoms in total. The average molecular weight is 509 g/mol. The number of thiophene rings is 1. The van der Waals surface area contributed by atoms with E-state index < -0.39 is 0 Å². The molecule has 0 saturated heterocycles. The Hall–Kier alpha value is -3.56. The Labute approximate surface area is 213 Å². The van der Waals surface area contributed by atoms with Crippen LogP contribution in [-0.2, 0) is 16.0 Å². The number of ether oxygens (including phenoxy) is 4. The molecule has 1 aromatic heterocycles. The molecule has 36 heavy (non-hydrogen) atoms. The number of para-hydroxylation sites is 1. The van der Waals surface area contributed by atoms with Crippen LogP contribution in [0.2, 0.25) is 0 Å². The first-order valence-corrected chi connectivity index (χ1v) is 12.7. The fraction of sp³-hybridized carbons (Fsp3) is 0.333. The number of hydrogen-bond acceptors (Lipinski definition) is 7. The molecule has 0 aliphatic carbocycles. The van der Waals surface area contributed by atoms with Gasteiger partial charge in [-0.25, -0.2) is 0 Å². The molecular formula is C27H28N2O6S. The van der Waals surface area contributed by atoms with E-state index in [1.165, 1.54) is 9.78 Å². The van der Waals surface area contributed by atoms with Crippen molar-refractivity contribution in [2.45, 2.75) is 12.5 Å². The van der Waals surface area contributed by atoms with Crippen molar-refractivity contribution in [2.75, 3.05) is 46.8 Å². The summed E-state index contributed by atoms with van der Waals surface area (Å²) in [7, 11) is 1.57. The first-order valence-electron chi connectivity index (χ1n) is 11.9. The van der Waals surface area contributed by atoms with Gasteiger partial charge in [-0.2, -0.15) is 0 Å². The molecule has 9 heteroatoms. The molecule has 1 unspecified atom stereocenters. The number of amides is 2. The third-order valence-electron chi connectivity index (χ3n) is 6.36. The molecule has 2 aromatic carbocycles. The molecule has 1 atom stereocenters. The van der Waals surface area contributed by atoms with Crippen LogP contribution >= 0.6 is 11.3 Å². The first kappa shape index (κ1) is 24.1. The Balaban J connectivity index is 1.33. The maximum Gasteiger partial charge on any atom is 0.254 e. The highest BCUT2D eigenvalue weighted by atomic mass is 32.1. The minimum Gasteiger partial charge on any atom is -0.491 e. The third kappa shape index (κ3) is 5.17. The normalized spacial score (nSPS) is 15.9. The summed E-state index contributed by atoms with van der Waals surface area (Å²) in [5, 5.41) is 2.06.